The average molecular weight is 664 g/mol. The predicted octanol–water partition coefficient (Wildman–Crippen LogP) is 6.17. The smallest absolute Gasteiger partial charge is 0.479 e. The van der Waals surface area contributed by atoms with Crippen molar-refractivity contribution < 1.29 is 50.6 Å². The monoisotopic (exact) mass is 664 g/mol. The second kappa shape index (κ2) is 10.4. The van der Waals surface area contributed by atoms with Crippen LogP contribution in [-0.2, 0) is 15.8 Å². The number of halogens is 7. The summed E-state index contributed by atoms with van der Waals surface area (Å²) in [6.07, 6.45) is -9.95. The van der Waals surface area contributed by atoms with Crippen LogP contribution in [0.1, 0.15) is 39.1 Å². The number of alkyl halides is 6. The molecular weight excluding hydrogens is 649 g/mol. The summed E-state index contributed by atoms with van der Waals surface area (Å²) in [6.45, 7) is 0. The maximum atomic E-state index is 13.9. The summed E-state index contributed by atoms with van der Waals surface area (Å²) in [6, 6.07) is 7.34. The van der Waals surface area contributed by atoms with Gasteiger partial charge in [-0.25, -0.2) is 4.79 Å². The Bertz CT molecular complexity index is 1440. The van der Waals surface area contributed by atoms with E-state index in [0.717, 1.165) is 24.3 Å². The summed E-state index contributed by atoms with van der Waals surface area (Å²) in [4.78, 5) is 40.5. The lowest BCUT2D eigenvalue weighted by molar-refractivity contribution is -0.275. The highest BCUT2D eigenvalue weighted by Crippen LogP contribution is 2.42. The largest absolute Gasteiger partial charge is 0.573 e. The Morgan fingerprint density at radius 2 is 1.62 bits per heavy atom. The van der Waals surface area contributed by atoms with E-state index >= 15 is 0 Å². The molecule has 0 saturated heterocycles. The van der Waals surface area contributed by atoms with Crippen molar-refractivity contribution in [1.82, 2.24) is 4.90 Å². The molecule has 0 bridgehead atoms. The van der Waals surface area contributed by atoms with Gasteiger partial charge < -0.3 is 20.1 Å². The number of benzene rings is 3. The van der Waals surface area contributed by atoms with Gasteiger partial charge in [0.25, 0.3) is 11.8 Å². The van der Waals surface area contributed by atoms with Gasteiger partial charge in [-0.15, -0.1) is 13.2 Å². The van der Waals surface area contributed by atoms with E-state index in [1.54, 1.807) is 0 Å². The van der Waals surface area contributed by atoms with Crippen LogP contribution < -0.4 is 10.1 Å². The Hall–Kier alpha value is -3.82. The Labute approximate surface area is 229 Å². The van der Waals surface area contributed by atoms with E-state index in [9.17, 15) is 45.8 Å². The van der Waals surface area contributed by atoms with E-state index in [1.807, 2.05) is 22.6 Å². The zero-order valence-electron chi connectivity index (χ0n) is 19.2. The van der Waals surface area contributed by atoms with Crippen LogP contribution in [0.4, 0.5) is 32.0 Å². The van der Waals surface area contributed by atoms with E-state index < -0.39 is 59.3 Å². The molecule has 204 valence electrons. The van der Waals surface area contributed by atoms with Crippen molar-refractivity contribution in [3.63, 3.8) is 0 Å². The fourth-order valence-corrected chi connectivity index (χ4v) is 4.64. The highest BCUT2D eigenvalue weighted by Gasteiger charge is 2.46. The van der Waals surface area contributed by atoms with Gasteiger partial charge in [0.1, 0.15) is 11.8 Å². The molecule has 2 unspecified atom stereocenters. The molecule has 0 radical (unpaired) electrons. The van der Waals surface area contributed by atoms with Crippen LogP contribution in [0.25, 0.3) is 0 Å². The number of hydrogen-bond donors (Lipinski definition) is 2. The maximum Gasteiger partial charge on any atom is 0.573 e. The number of carboxylic acids is 1. The van der Waals surface area contributed by atoms with E-state index in [4.69, 9.17) is 0 Å². The third kappa shape index (κ3) is 5.94. The van der Waals surface area contributed by atoms with Crippen LogP contribution in [-0.4, -0.2) is 34.2 Å². The van der Waals surface area contributed by atoms with Crippen LogP contribution in [0.3, 0.4) is 0 Å². The van der Waals surface area contributed by atoms with Crippen molar-refractivity contribution in [3.8, 4) is 5.75 Å². The SMILES string of the molecule is O=C(O)C(c1ccc(C(F)(F)F)cc1)N1C(=O)c2cc(I)ccc2NC(=O)C1c1ccccc1OC(F)(F)F. The molecule has 0 spiro atoms. The lowest BCUT2D eigenvalue weighted by atomic mass is 9.96. The highest BCUT2D eigenvalue weighted by atomic mass is 127. The number of fused-ring (bicyclic) bond motifs is 1. The van der Waals surface area contributed by atoms with Crippen LogP contribution in [0, 0.1) is 3.57 Å². The van der Waals surface area contributed by atoms with Gasteiger partial charge in [0.2, 0.25) is 0 Å². The quantitative estimate of drug-likeness (QED) is 0.252. The lowest BCUT2D eigenvalue weighted by Gasteiger charge is -2.35. The molecule has 0 saturated carbocycles. The number of carbonyl (C=O) groups excluding carboxylic acids is 2. The van der Waals surface area contributed by atoms with E-state index in [1.165, 1.54) is 30.3 Å². The highest BCUT2D eigenvalue weighted by molar-refractivity contribution is 14.1. The van der Waals surface area contributed by atoms with Crippen molar-refractivity contribution in [2.45, 2.75) is 24.6 Å². The molecule has 39 heavy (non-hydrogen) atoms. The van der Waals surface area contributed by atoms with Crippen LogP contribution in [0.5, 0.6) is 5.75 Å². The summed E-state index contributed by atoms with van der Waals surface area (Å²) < 4.78 is 83.5. The fourth-order valence-electron chi connectivity index (χ4n) is 4.14. The minimum absolute atomic E-state index is 0.0382. The molecular formula is C25H15F6IN2O5. The molecule has 7 nitrogen and oxygen atoms in total. The fraction of sp³-hybridized carbons (Fsp3) is 0.160. The molecule has 1 aliphatic heterocycles. The van der Waals surface area contributed by atoms with E-state index in [-0.39, 0.29) is 16.8 Å². The number of carboxylic acid groups (broad SMARTS) is 1. The number of hydrogen-bond acceptors (Lipinski definition) is 4. The zero-order chi connectivity index (χ0) is 28.7. The minimum Gasteiger partial charge on any atom is -0.479 e. The number of rotatable bonds is 5. The van der Waals surface area contributed by atoms with Crippen molar-refractivity contribution in [3.05, 3.63) is 92.6 Å². The Morgan fingerprint density at radius 3 is 2.21 bits per heavy atom. The number of carbonyl (C=O) groups is 3. The second-order valence-corrected chi connectivity index (χ2v) is 9.49. The molecule has 2 amide bonds. The lowest BCUT2D eigenvalue weighted by Crippen LogP contribution is -2.44. The first-order valence-electron chi connectivity index (χ1n) is 10.8. The van der Waals surface area contributed by atoms with Gasteiger partial charge in [0.05, 0.1) is 16.8 Å². The van der Waals surface area contributed by atoms with Crippen LogP contribution in [0.2, 0.25) is 0 Å². The molecule has 1 heterocycles. The van der Waals surface area contributed by atoms with Crippen molar-refractivity contribution >= 4 is 46.1 Å². The minimum atomic E-state index is -5.20. The predicted molar refractivity (Wildman–Crippen MR) is 132 cm³/mol. The third-order valence-electron chi connectivity index (χ3n) is 5.74. The Morgan fingerprint density at radius 1 is 0.974 bits per heavy atom. The number of nitrogens with one attached hydrogen (secondary N) is 1. The van der Waals surface area contributed by atoms with E-state index in [0.29, 0.717) is 20.6 Å². The normalized spacial score (nSPS) is 16.7. The molecule has 14 heteroatoms. The molecule has 1 aliphatic rings. The molecule has 2 N–H and O–H groups in total. The Balaban J connectivity index is 1.96. The van der Waals surface area contributed by atoms with Crippen molar-refractivity contribution in [2.24, 2.45) is 0 Å². The summed E-state index contributed by atoms with van der Waals surface area (Å²) in [5.74, 6) is -4.76. The van der Waals surface area contributed by atoms with Crippen LogP contribution in [0.15, 0.2) is 66.7 Å². The van der Waals surface area contributed by atoms with Gasteiger partial charge in [0.15, 0.2) is 6.04 Å². The van der Waals surface area contributed by atoms with Crippen LogP contribution >= 0.6 is 22.6 Å². The Kier molecular flexibility index (Phi) is 7.51. The van der Waals surface area contributed by atoms with Gasteiger partial charge in [0, 0.05) is 9.13 Å². The summed E-state index contributed by atoms with van der Waals surface area (Å²) >= 11 is 1.86. The second-order valence-electron chi connectivity index (χ2n) is 8.24. The molecule has 0 fully saturated rings. The van der Waals surface area contributed by atoms with E-state index in [2.05, 4.69) is 10.1 Å². The number of nitrogens with zero attached hydrogens (tertiary/aromatic N) is 1. The first-order chi connectivity index (χ1) is 18.2. The number of ether oxygens (including phenoxy) is 1. The molecule has 0 aromatic heterocycles. The van der Waals surface area contributed by atoms with Gasteiger partial charge in [-0.3, -0.25) is 9.59 Å². The van der Waals surface area contributed by atoms with Crippen molar-refractivity contribution in [1.29, 1.82) is 0 Å². The topological polar surface area (TPSA) is 95.9 Å². The molecule has 0 aliphatic carbocycles. The number of anilines is 1. The third-order valence-corrected chi connectivity index (χ3v) is 6.41. The molecule has 2 atom stereocenters. The maximum absolute atomic E-state index is 13.9. The summed E-state index contributed by atoms with van der Waals surface area (Å²) in [7, 11) is 0. The van der Waals surface area contributed by atoms with Crippen molar-refractivity contribution in [2.75, 3.05) is 5.32 Å². The average Bonchev–Trinajstić information content (AvgIpc) is 2.93. The molecule has 3 aromatic carbocycles. The number of aliphatic carboxylic acids is 1. The summed E-state index contributed by atoms with van der Waals surface area (Å²) in [5.41, 5.74) is -2.14. The molecule has 4 rings (SSSR count). The van der Waals surface area contributed by atoms with Gasteiger partial charge in [-0.1, -0.05) is 30.3 Å². The molecule has 3 aromatic rings. The first-order valence-corrected chi connectivity index (χ1v) is 11.9. The zero-order valence-corrected chi connectivity index (χ0v) is 21.3. The number of para-hydroxylation sites is 1. The van der Waals surface area contributed by atoms with Gasteiger partial charge in [-0.05, 0) is 64.6 Å². The van der Waals surface area contributed by atoms with Gasteiger partial charge >= 0.3 is 18.5 Å². The standard InChI is InChI=1S/C25H15F6IN2O5/c26-24(27,28)13-7-5-12(6-8-13)19(23(37)38)34-20(15-3-1-2-4-18(15)39-25(29,30)31)21(35)33-17-10-9-14(32)11-16(17)22(34)36/h1-11,19-20H,(H,33,35)(H,37,38). The number of amides is 2. The van der Waals surface area contributed by atoms with Gasteiger partial charge in [-0.2, -0.15) is 13.2 Å². The first kappa shape index (κ1) is 28.2. The summed E-state index contributed by atoms with van der Waals surface area (Å²) in [5, 5.41) is 12.6.